The number of hydrogen-bond donors (Lipinski definition) is 1. The fourth-order valence-electron chi connectivity index (χ4n) is 1.57. The lowest BCUT2D eigenvalue weighted by Gasteiger charge is -2.12. The number of nitrogens with one attached hydrogen (secondary N) is 1. The zero-order valence-corrected chi connectivity index (χ0v) is 11.7. The number of carbonyl (C=O) groups excluding carboxylic acids is 1. The van der Waals surface area contributed by atoms with Crippen molar-refractivity contribution >= 4 is 28.8 Å². The molecule has 1 amide bonds. The summed E-state index contributed by atoms with van der Waals surface area (Å²) in [6.07, 6.45) is 0. The molecule has 1 N–H and O–H groups in total. The molecule has 0 saturated carbocycles. The third kappa shape index (κ3) is 2.89. The van der Waals surface area contributed by atoms with Gasteiger partial charge in [-0.2, -0.15) is 0 Å². The lowest BCUT2D eigenvalue weighted by atomic mass is 10.2. The van der Waals surface area contributed by atoms with E-state index in [1.807, 2.05) is 19.2 Å². The number of halogens is 1. The summed E-state index contributed by atoms with van der Waals surface area (Å²) in [5, 5.41) is 6.28. The third-order valence-electron chi connectivity index (χ3n) is 2.55. The van der Waals surface area contributed by atoms with Crippen LogP contribution in [0.1, 0.15) is 34.0 Å². The second-order valence-corrected chi connectivity index (χ2v) is 5.44. The first kappa shape index (κ1) is 13.1. The number of carbonyl (C=O) groups is 1. The Labute approximate surface area is 115 Å². The van der Waals surface area contributed by atoms with E-state index in [-0.39, 0.29) is 11.9 Å². The molecule has 1 heterocycles. The summed E-state index contributed by atoms with van der Waals surface area (Å²) in [4.78, 5) is 16.4. The number of nitrogens with zero attached hydrogens (tertiary/aromatic N) is 1. The molecule has 5 heteroatoms. The first-order valence-electron chi connectivity index (χ1n) is 5.55. The van der Waals surface area contributed by atoms with E-state index in [2.05, 4.69) is 10.3 Å². The van der Waals surface area contributed by atoms with Crippen molar-refractivity contribution in [1.29, 1.82) is 0 Å². The van der Waals surface area contributed by atoms with Gasteiger partial charge in [0.2, 0.25) is 0 Å². The number of amides is 1. The van der Waals surface area contributed by atoms with E-state index >= 15 is 0 Å². The summed E-state index contributed by atoms with van der Waals surface area (Å²) in [5.74, 6) is -0.182. The molecule has 0 bridgehead atoms. The minimum atomic E-state index is -0.182. The topological polar surface area (TPSA) is 42.0 Å². The number of thiazole rings is 1. The van der Waals surface area contributed by atoms with Gasteiger partial charge in [-0.05, 0) is 26.0 Å². The van der Waals surface area contributed by atoms with Crippen molar-refractivity contribution in [3.63, 3.8) is 0 Å². The standard InChI is InChI=1S/C13H13ClN2OS/c1-8(12-7-18-9(2)16-12)15-13(17)10-5-3-4-6-11(10)14/h3-8H,1-2H3,(H,15,17). The van der Waals surface area contributed by atoms with Crippen molar-refractivity contribution in [1.82, 2.24) is 10.3 Å². The number of rotatable bonds is 3. The van der Waals surface area contributed by atoms with Gasteiger partial charge >= 0.3 is 0 Å². The first-order valence-corrected chi connectivity index (χ1v) is 6.81. The van der Waals surface area contributed by atoms with Crippen LogP contribution in [0.4, 0.5) is 0 Å². The van der Waals surface area contributed by atoms with E-state index in [1.54, 1.807) is 35.6 Å². The van der Waals surface area contributed by atoms with Crippen molar-refractivity contribution in [3.05, 3.63) is 50.9 Å². The van der Waals surface area contributed by atoms with E-state index in [0.29, 0.717) is 10.6 Å². The lowest BCUT2D eigenvalue weighted by Crippen LogP contribution is -2.27. The molecule has 3 nitrogen and oxygen atoms in total. The predicted octanol–water partition coefficient (Wildman–Crippen LogP) is 3.60. The molecule has 0 radical (unpaired) electrons. The summed E-state index contributed by atoms with van der Waals surface area (Å²) in [6, 6.07) is 6.87. The van der Waals surface area contributed by atoms with Gasteiger partial charge in [-0.3, -0.25) is 4.79 Å². The third-order valence-corrected chi connectivity index (χ3v) is 3.67. The number of hydrogen-bond acceptors (Lipinski definition) is 3. The fraction of sp³-hybridized carbons (Fsp3) is 0.231. The molecule has 18 heavy (non-hydrogen) atoms. The average Bonchev–Trinajstić information content (AvgIpc) is 2.76. The predicted molar refractivity (Wildman–Crippen MR) is 74.2 cm³/mol. The minimum absolute atomic E-state index is 0.126. The molecule has 1 unspecified atom stereocenters. The van der Waals surface area contributed by atoms with Crippen LogP contribution in [-0.2, 0) is 0 Å². The highest BCUT2D eigenvalue weighted by atomic mass is 35.5. The Bertz CT molecular complexity index is 568. The van der Waals surface area contributed by atoms with E-state index in [4.69, 9.17) is 11.6 Å². The summed E-state index contributed by atoms with van der Waals surface area (Å²) in [7, 11) is 0. The van der Waals surface area contributed by atoms with Crippen LogP contribution in [0.25, 0.3) is 0 Å². The van der Waals surface area contributed by atoms with E-state index in [9.17, 15) is 4.79 Å². The van der Waals surface area contributed by atoms with Gasteiger partial charge in [0.25, 0.3) is 5.91 Å². The van der Waals surface area contributed by atoms with Crippen LogP contribution in [-0.4, -0.2) is 10.9 Å². The van der Waals surface area contributed by atoms with Crippen molar-refractivity contribution in [2.75, 3.05) is 0 Å². The zero-order valence-electron chi connectivity index (χ0n) is 10.1. The molecule has 2 rings (SSSR count). The lowest BCUT2D eigenvalue weighted by molar-refractivity contribution is 0.0939. The molecule has 0 aliphatic heterocycles. The van der Waals surface area contributed by atoms with Crippen LogP contribution in [0, 0.1) is 6.92 Å². The van der Waals surface area contributed by atoms with Crippen molar-refractivity contribution in [2.45, 2.75) is 19.9 Å². The summed E-state index contributed by atoms with van der Waals surface area (Å²) in [6.45, 7) is 3.85. The van der Waals surface area contributed by atoms with Gasteiger partial charge in [-0.25, -0.2) is 4.98 Å². The van der Waals surface area contributed by atoms with Crippen molar-refractivity contribution in [2.24, 2.45) is 0 Å². The Morgan fingerprint density at radius 2 is 2.17 bits per heavy atom. The van der Waals surface area contributed by atoms with Crippen LogP contribution in [0.2, 0.25) is 5.02 Å². The van der Waals surface area contributed by atoms with E-state index in [1.165, 1.54) is 0 Å². The quantitative estimate of drug-likeness (QED) is 0.933. The Morgan fingerprint density at radius 1 is 1.44 bits per heavy atom. The Morgan fingerprint density at radius 3 is 2.78 bits per heavy atom. The molecule has 1 aromatic carbocycles. The Balaban J connectivity index is 2.10. The van der Waals surface area contributed by atoms with Gasteiger partial charge in [0.1, 0.15) is 0 Å². The van der Waals surface area contributed by atoms with Crippen LogP contribution in [0.15, 0.2) is 29.6 Å². The highest BCUT2D eigenvalue weighted by Crippen LogP contribution is 2.18. The fourth-order valence-corrected chi connectivity index (χ4v) is 2.50. The van der Waals surface area contributed by atoms with Crippen molar-refractivity contribution < 1.29 is 4.79 Å². The summed E-state index contributed by atoms with van der Waals surface area (Å²) < 4.78 is 0. The second kappa shape index (κ2) is 5.50. The Kier molecular flexibility index (Phi) is 3.99. The summed E-state index contributed by atoms with van der Waals surface area (Å²) in [5.41, 5.74) is 1.36. The highest BCUT2D eigenvalue weighted by Gasteiger charge is 2.15. The van der Waals surface area contributed by atoms with Gasteiger partial charge in [0.15, 0.2) is 0 Å². The second-order valence-electron chi connectivity index (χ2n) is 3.97. The van der Waals surface area contributed by atoms with Gasteiger partial charge in [-0.1, -0.05) is 23.7 Å². The molecule has 0 fully saturated rings. The molecule has 0 aliphatic carbocycles. The van der Waals surface area contributed by atoms with Crippen LogP contribution >= 0.6 is 22.9 Å². The SMILES string of the molecule is Cc1nc(C(C)NC(=O)c2ccccc2Cl)cs1. The maximum absolute atomic E-state index is 12.0. The Hall–Kier alpha value is -1.39. The first-order chi connectivity index (χ1) is 8.58. The molecule has 0 aliphatic rings. The van der Waals surface area contributed by atoms with Crippen LogP contribution < -0.4 is 5.32 Å². The molecule has 2 aromatic rings. The highest BCUT2D eigenvalue weighted by molar-refractivity contribution is 7.09. The zero-order chi connectivity index (χ0) is 13.1. The van der Waals surface area contributed by atoms with E-state index < -0.39 is 0 Å². The van der Waals surface area contributed by atoms with Gasteiger partial charge in [0, 0.05) is 5.38 Å². The maximum atomic E-state index is 12.0. The van der Waals surface area contributed by atoms with Crippen molar-refractivity contribution in [3.8, 4) is 0 Å². The van der Waals surface area contributed by atoms with Gasteiger partial charge < -0.3 is 5.32 Å². The van der Waals surface area contributed by atoms with E-state index in [0.717, 1.165) is 10.7 Å². The molecule has 1 atom stereocenters. The molecular formula is C13H13ClN2OS. The van der Waals surface area contributed by atoms with Crippen LogP contribution in [0.5, 0.6) is 0 Å². The number of aromatic nitrogens is 1. The number of aryl methyl sites for hydroxylation is 1. The molecule has 0 saturated heterocycles. The molecule has 1 aromatic heterocycles. The molecule has 0 spiro atoms. The number of benzene rings is 1. The normalized spacial score (nSPS) is 12.2. The maximum Gasteiger partial charge on any atom is 0.253 e. The van der Waals surface area contributed by atoms with Crippen LogP contribution in [0.3, 0.4) is 0 Å². The van der Waals surface area contributed by atoms with Gasteiger partial charge in [0.05, 0.1) is 27.3 Å². The van der Waals surface area contributed by atoms with Gasteiger partial charge in [-0.15, -0.1) is 11.3 Å². The smallest absolute Gasteiger partial charge is 0.253 e. The molecule has 94 valence electrons. The largest absolute Gasteiger partial charge is 0.344 e. The average molecular weight is 281 g/mol. The summed E-state index contributed by atoms with van der Waals surface area (Å²) >= 11 is 7.55. The molecular weight excluding hydrogens is 268 g/mol. The monoisotopic (exact) mass is 280 g/mol. The minimum Gasteiger partial charge on any atom is -0.344 e.